The van der Waals surface area contributed by atoms with Crippen LogP contribution in [0.2, 0.25) is 0 Å². The van der Waals surface area contributed by atoms with Gasteiger partial charge in [0.15, 0.2) is 5.96 Å². The highest BCUT2D eigenvalue weighted by atomic mass is 127. The van der Waals surface area contributed by atoms with E-state index in [9.17, 15) is 8.42 Å². The van der Waals surface area contributed by atoms with E-state index in [1.807, 2.05) is 0 Å². The number of halogens is 1. The largest absolute Gasteiger partial charge is 0.356 e. The number of nitrogens with zero attached hydrogens (tertiary/aromatic N) is 3. The summed E-state index contributed by atoms with van der Waals surface area (Å²) >= 11 is 0. The maximum Gasteiger partial charge on any atom is 0.211 e. The highest BCUT2D eigenvalue weighted by Crippen LogP contribution is 2.46. The summed E-state index contributed by atoms with van der Waals surface area (Å²) in [5, 5.41) is 3.39. The predicted molar refractivity (Wildman–Crippen MR) is 110 cm³/mol. The van der Waals surface area contributed by atoms with E-state index in [-0.39, 0.29) is 34.9 Å². The van der Waals surface area contributed by atoms with Crippen LogP contribution in [0.5, 0.6) is 0 Å². The summed E-state index contributed by atoms with van der Waals surface area (Å²) in [5.41, 5.74) is 0.339. The fourth-order valence-electron chi connectivity index (χ4n) is 3.26. The molecular formula is C16H33IN4O2S. The van der Waals surface area contributed by atoms with E-state index >= 15 is 0 Å². The lowest BCUT2D eigenvalue weighted by molar-refractivity contribution is -0.0667. The fraction of sp³-hybridized carbons (Fsp3) is 0.938. The first-order valence-corrected chi connectivity index (χ1v) is 10.3. The molecule has 0 saturated carbocycles. The molecule has 0 radical (unpaired) electrons. The lowest BCUT2D eigenvalue weighted by atomic mass is 9.65. The molecule has 0 aromatic rings. The zero-order valence-electron chi connectivity index (χ0n) is 15.8. The normalized spacial score (nSPS) is 26.7. The summed E-state index contributed by atoms with van der Waals surface area (Å²) in [5.74, 6) is 1.27. The van der Waals surface area contributed by atoms with E-state index in [2.05, 4.69) is 44.8 Å². The lowest BCUT2D eigenvalue weighted by Crippen LogP contribution is -2.72. The van der Waals surface area contributed by atoms with Gasteiger partial charge < -0.3 is 10.2 Å². The molecular weight excluding hydrogens is 439 g/mol. The maximum absolute atomic E-state index is 11.6. The lowest BCUT2D eigenvalue weighted by Gasteiger charge is -2.62. The number of rotatable bonds is 4. The maximum atomic E-state index is 11.6. The van der Waals surface area contributed by atoms with Gasteiger partial charge in [0.2, 0.25) is 10.0 Å². The molecule has 142 valence electrons. The zero-order valence-corrected chi connectivity index (χ0v) is 18.9. The molecule has 0 bridgehead atoms. The van der Waals surface area contributed by atoms with Crippen molar-refractivity contribution in [1.29, 1.82) is 0 Å². The zero-order chi connectivity index (χ0) is 17.5. The van der Waals surface area contributed by atoms with Gasteiger partial charge in [-0.3, -0.25) is 4.99 Å². The van der Waals surface area contributed by atoms with Crippen LogP contribution in [-0.4, -0.2) is 68.1 Å². The molecule has 0 aromatic heterocycles. The average Bonchev–Trinajstić information content (AvgIpc) is 2.90. The minimum Gasteiger partial charge on any atom is -0.356 e. The Bertz CT molecular complexity index is 575. The quantitative estimate of drug-likeness (QED) is 0.386. The number of nitrogens with one attached hydrogen (secondary N) is 1. The molecule has 2 heterocycles. The number of aliphatic imine (C=N–C) groups is 1. The second kappa shape index (κ2) is 7.65. The molecule has 0 aromatic carbocycles. The Morgan fingerprint density at radius 2 is 1.92 bits per heavy atom. The topological polar surface area (TPSA) is 65.0 Å². The Kier molecular flexibility index (Phi) is 7.00. The van der Waals surface area contributed by atoms with Gasteiger partial charge in [0, 0.05) is 43.7 Å². The van der Waals surface area contributed by atoms with Crippen molar-refractivity contribution in [1.82, 2.24) is 14.5 Å². The molecule has 1 N–H and O–H groups in total. The average molecular weight is 472 g/mol. The van der Waals surface area contributed by atoms with Crippen molar-refractivity contribution in [2.45, 2.75) is 46.6 Å². The van der Waals surface area contributed by atoms with Gasteiger partial charge in [0.05, 0.1) is 6.26 Å². The van der Waals surface area contributed by atoms with Crippen LogP contribution in [0.15, 0.2) is 4.99 Å². The SMILES string of the molecule is CCNC(=NCC1CCN(S(C)(=O)=O)C1)N1CC(C)(C)C1(C)C.I. The molecule has 2 fully saturated rings. The van der Waals surface area contributed by atoms with Gasteiger partial charge in [0.25, 0.3) is 0 Å². The van der Waals surface area contributed by atoms with Crippen LogP contribution in [0.1, 0.15) is 41.0 Å². The van der Waals surface area contributed by atoms with E-state index in [4.69, 9.17) is 4.99 Å². The second-order valence-electron chi connectivity index (χ2n) is 8.00. The highest BCUT2D eigenvalue weighted by molar-refractivity contribution is 14.0. The summed E-state index contributed by atoms with van der Waals surface area (Å²) in [6.45, 7) is 14.9. The number of hydrogen-bond donors (Lipinski definition) is 1. The first kappa shape index (κ1) is 22.0. The third-order valence-electron chi connectivity index (χ3n) is 5.69. The smallest absolute Gasteiger partial charge is 0.211 e. The molecule has 1 atom stereocenters. The minimum atomic E-state index is -3.07. The summed E-state index contributed by atoms with van der Waals surface area (Å²) in [4.78, 5) is 7.14. The fourth-order valence-corrected chi connectivity index (χ4v) is 4.18. The van der Waals surface area contributed by atoms with E-state index in [0.717, 1.165) is 25.5 Å². The monoisotopic (exact) mass is 472 g/mol. The van der Waals surface area contributed by atoms with Gasteiger partial charge in [-0.05, 0) is 33.1 Å². The summed E-state index contributed by atoms with van der Waals surface area (Å²) in [7, 11) is -3.07. The molecule has 1 unspecified atom stereocenters. The molecule has 2 saturated heterocycles. The second-order valence-corrected chi connectivity index (χ2v) is 9.98. The van der Waals surface area contributed by atoms with Gasteiger partial charge >= 0.3 is 0 Å². The van der Waals surface area contributed by atoms with Crippen LogP contribution < -0.4 is 5.32 Å². The Labute approximate surface area is 164 Å². The van der Waals surface area contributed by atoms with E-state index < -0.39 is 10.0 Å². The number of sulfonamides is 1. The van der Waals surface area contributed by atoms with Crippen molar-refractivity contribution < 1.29 is 8.42 Å². The molecule has 0 aliphatic carbocycles. The standard InChI is InChI=1S/C16H32N4O2S.HI/c1-7-17-14(20-12-15(2,3)16(20,4)5)18-10-13-8-9-19(11-13)23(6,21)22;/h13H,7-12H2,1-6H3,(H,17,18);1H. The predicted octanol–water partition coefficient (Wildman–Crippen LogP) is 1.97. The van der Waals surface area contributed by atoms with Gasteiger partial charge in [-0.1, -0.05) is 13.8 Å². The van der Waals surface area contributed by atoms with Crippen LogP contribution >= 0.6 is 24.0 Å². The summed E-state index contributed by atoms with van der Waals surface area (Å²) < 4.78 is 24.8. The molecule has 0 amide bonds. The Balaban J connectivity index is 0.00000288. The van der Waals surface area contributed by atoms with E-state index in [0.29, 0.717) is 25.6 Å². The van der Waals surface area contributed by atoms with Crippen molar-refractivity contribution in [3.8, 4) is 0 Å². The first-order chi connectivity index (χ1) is 10.5. The van der Waals surface area contributed by atoms with Crippen LogP contribution in [0.4, 0.5) is 0 Å². The number of likely N-dealkylation sites (tertiary alicyclic amines) is 1. The van der Waals surface area contributed by atoms with Crippen molar-refractivity contribution in [2.75, 3.05) is 39.0 Å². The van der Waals surface area contributed by atoms with Crippen molar-refractivity contribution in [2.24, 2.45) is 16.3 Å². The van der Waals surface area contributed by atoms with Crippen molar-refractivity contribution in [3.05, 3.63) is 0 Å². The molecule has 8 heteroatoms. The summed E-state index contributed by atoms with van der Waals surface area (Å²) in [6, 6.07) is 0. The van der Waals surface area contributed by atoms with Gasteiger partial charge in [-0.25, -0.2) is 12.7 Å². The van der Waals surface area contributed by atoms with Gasteiger partial charge in [0.1, 0.15) is 0 Å². The molecule has 6 nitrogen and oxygen atoms in total. The van der Waals surface area contributed by atoms with Crippen LogP contribution in [0.25, 0.3) is 0 Å². The van der Waals surface area contributed by atoms with Crippen LogP contribution in [0.3, 0.4) is 0 Å². The molecule has 2 aliphatic rings. The number of hydrogen-bond acceptors (Lipinski definition) is 3. The van der Waals surface area contributed by atoms with Crippen molar-refractivity contribution >= 4 is 40.0 Å². The molecule has 2 aliphatic heterocycles. The molecule has 0 spiro atoms. The Morgan fingerprint density at radius 3 is 2.33 bits per heavy atom. The number of guanidine groups is 1. The van der Waals surface area contributed by atoms with Crippen LogP contribution in [0, 0.1) is 11.3 Å². The highest BCUT2D eigenvalue weighted by Gasteiger charge is 2.53. The van der Waals surface area contributed by atoms with Gasteiger partial charge in [-0.2, -0.15) is 0 Å². The third kappa shape index (κ3) is 4.35. The van der Waals surface area contributed by atoms with E-state index in [1.165, 1.54) is 6.26 Å². The third-order valence-corrected chi connectivity index (χ3v) is 6.96. The van der Waals surface area contributed by atoms with Gasteiger partial charge in [-0.15, -0.1) is 24.0 Å². The molecule has 24 heavy (non-hydrogen) atoms. The van der Waals surface area contributed by atoms with Crippen molar-refractivity contribution in [3.63, 3.8) is 0 Å². The Morgan fingerprint density at radius 1 is 1.29 bits per heavy atom. The van der Waals surface area contributed by atoms with E-state index in [1.54, 1.807) is 4.31 Å². The first-order valence-electron chi connectivity index (χ1n) is 8.50. The minimum absolute atomic E-state index is 0. The Hall–Kier alpha value is -0.0900. The molecule has 2 rings (SSSR count). The van der Waals surface area contributed by atoms with Crippen LogP contribution in [-0.2, 0) is 10.0 Å². The summed E-state index contributed by atoms with van der Waals surface area (Å²) in [6.07, 6.45) is 2.18.